The van der Waals surface area contributed by atoms with Gasteiger partial charge in [-0.25, -0.2) is 0 Å². The van der Waals surface area contributed by atoms with Gasteiger partial charge < -0.3 is 4.74 Å². The minimum Gasteiger partial charge on any atom is -0.462 e. The van der Waals surface area contributed by atoms with Crippen molar-refractivity contribution in [3.05, 3.63) is 0 Å². The van der Waals surface area contributed by atoms with E-state index in [0.717, 1.165) is 25.3 Å². The summed E-state index contributed by atoms with van der Waals surface area (Å²) in [5.74, 6) is -0.172. The van der Waals surface area contributed by atoms with Crippen molar-refractivity contribution in [1.82, 2.24) is 0 Å². The standard InChI is InChI=1S/C16H30BrCl3O2Si/c1-14(13-17)16(21)22-15(2)11-9-7-5-3-4-6-8-10-12-23(18,19)20/h14-15H,3-13H2,1-2H3. The fourth-order valence-corrected chi connectivity index (χ4v) is 4.37. The Balaban J connectivity index is 3.37. The summed E-state index contributed by atoms with van der Waals surface area (Å²) in [6.45, 7) is 3.85. The number of halogens is 4. The summed E-state index contributed by atoms with van der Waals surface area (Å²) < 4.78 is 5.40. The second-order valence-corrected chi connectivity index (χ2v) is 16.2. The van der Waals surface area contributed by atoms with E-state index in [2.05, 4.69) is 15.9 Å². The summed E-state index contributed by atoms with van der Waals surface area (Å²) in [5.41, 5.74) is 0. The smallest absolute Gasteiger partial charge is 0.341 e. The number of hydrogen-bond donors (Lipinski definition) is 0. The minimum absolute atomic E-state index is 0.0232. The van der Waals surface area contributed by atoms with Crippen LogP contribution in [0.2, 0.25) is 6.04 Å². The van der Waals surface area contributed by atoms with Gasteiger partial charge in [0.15, 0.2) is 0 Å². The highest BCUT2D eigenvalue weighted by molar-refractivity contribution is 9.09. The molecule has 0 aromatic carbocycles. The lowest BCUT2D eigenvalue weighted by molar-refractivity contribution is -0.152. The van der Waals surface area contributed by atoms with Crippen molar-refractivity contribution in [3.63, 3.8) is 0 Å². The van der Waals surface area contributed by atoms with Crippen LogP contribution in [0.1, 0.15) is 71.6 Å². The summed E-state index contributed by atoms with van der Waals surface area (Å²) in [6.07, 6.45) is 10.5. The molecule has 0 spiro atoms. The number of rotatable bonds is 14. The maximum Gasteiger partial charge on any atom is 0.341 e. The number of carbonyl (C=O) groups is 1. The molecular formula is C16H30BrCl3O2Si. The first-order chi connectivity index (χ1) is 10.8. The zero-order valence-corrected chi connectivity index (χ0v) is 19.1. The first kappa shape index (κ1) is 24.0. The summed E-state index contributed by atoms with van der Waals surface area (Å²) in [7, 11) is 0. The molecule has 0 N–H and O–H groups in total. The third-order valence-corrected chi connectivity index (χ3v) is 7.36. The molecule has 0 aliphatic heterocycles. The molecule has 0 bridgehead atoms. The van der Waals surface area contributed by atoms with Gasteiger partial charge in [-0.2, -0.15) is 0 Å². The van der Waals surface area contributed by atoms with Crippen molar-refractivity contribution < 1.29 is 9.53 Å². The maximum absolute atomic E-state index is 11.6. The summed E-state index contributed by atoms with van der Waals surface area (Å²) in [6, 6.07) is -1.62. The van der Waals surface area contributed by atoms with Crippen LogP contribution in [-0.4, -0.2) is 23.4 Å². The van der Waals surface area contributed by atoms with E-state index in [-0.39, 0.29) is 18.0 Å². The number of hydrogen-bond acceptors (Lipinski definition) is 2. The molecule has 0 heterocycles. The lowest BCUT2D eigenvalue weighted by Gasteiger charge is -2.15. The van der Waals surface area contributed by atoms with Gasteiger partial charge in [-0.1, -0.05) is 67.8 Å². The molecule has 7 heteroatoms. The van der Waals surface area contributed by atoms with Gasteiger partial charge >= 0.3 is 12.0 Å². The average molecular weight is 469 g/mol. The number of esters is 1. The van der Waals surface area contributed by atoms with Crippen LogP contribution in [0.15, 0.2) is 0 Å². The van der Waals surface area contributed by atoms with Crippen molar-refractivity contribution in [1.29, 1.82) is 0 Å². The lowest BCUT2D eigenvalue weighted by atomic mass is 10.1. The Bertz CT molecular complexity index is 314. The first-order valence-electron chi connectivity index (χ1n) is 8.59. The molecule has 0 aromatic rings. The van der Waals surface area contributed by atoms with Crippen molar-refractivity contribution in [2.75, 3.05) is 5.33 Å². The van der Waals surface area contributed by atoms with E-state index in [4.69, 9.17) is 38.0 Å². The fourth-order valence-electron chi connectivity index (χ4n) is 2.25. The molecule has 2 atom stereocenters. The van der Waals surface area contributed by atoms with Crippen LogP contribution in [0, 0.1) is 5.92 Å². The molecule has 0 saturated heterocycles. The third-order valence-electron chi connectivity index (χ3n) is 3.77. The normalized spacial score (nSPS) is 14.5. The van der Waals surface area contributed by atoms with Gasteiger partial charge in [0.2, 0.25) is 0 Å². The van der Waals surface area contributed by atoms with Gasteiger partial charge in [0.1, 0.15) is 0 Å². The van der Waals surface area contributed by atoms with Crippen molar-refractivity contribution in [2.24, 2.45) is 5.92 Å². The highest BCUT2D eigenvalue weighted by Crippen LogP contribution is 2.27. The zero-order valence-electron chi connectivity index (χ0n) is 14.3. The second kappa shape index (κ2) is 14.2. The quantitative estimate of drug-likeness (QED) is 0.0892. The van der Waals surface area contributed by atoms with E-state index < -0.39 is 6.00 Å². The third kappa shape index (κ3) is 16.3. The van der Waals surface area contributed by atoms with Gasteiger partial charge in [-0.15, -0.1) is 33.2 Å². The van der Waals surface area contributed by atoms with Crippen molar-refractivity contribution in [3.8, 4) is 0 Å². The molecular weight excluding hydrogens is 439 g/mol. The van der Waals surface area contributed by atoms with Crippen LogP contribution in [-0.2, 0) is 9.53 Å². The topological polar surface area (TPSA) is 26.3 Å². The van der Waals surface area contributed by atoms with Crippen LogP contribution in [0.5, 0.6) is 0 Å². The second-order valence-electron chi connectivity index (χ2n) is 6.29. The molecule has 0 aromatic heterocycles. The van der Waals surface area contributed by atoms with E-state index in [1.165, 1.54) is 38.5 Å². The molecule has 0 amide bonds. The minimum atomic E-state index is -2.40. The Hall–Kier alpha value is 1.04. The molecule has 138 valence electrons. The molecule has 0 fully saturated rings. The predicted octanol–water partition coefficient (Wildman–Crippen LogP) is 7.12. The first-order valence-corrected chi connectivity index (χ1v) is 15.0. The molecule has 0 aliphatic rings. The Morgan fingerprint density at radius 2 is 1.43 bits per heavy atom. The van der Waals surface area contributed by atoms with Crippen LogP contribution in [0.4, 0.5) is 0 Å². The Morgan fingerprint density at radius 3 is 1.91 bits per heavy atom. The Kier molecular flexibility index (Phi) is 14.9. The van der Waals surface area contributed by atoms with Crippen molar-refractivity contribution >= 4 is 61.1 Å². The number of alkyl halides is 1. The van der Waals surface area contributed by atoms with Crippen LogP contribution < -0.4 is 0 Å². The fraction of sp³-hybridized carbons (Fsp3) is 0.938. The highest BCUT2D eigenvalue weighted by Gasteiger charge is 2.23. The molecule has 0 radical (unpaired) electrons. The van der Waals surface area contributed by atoms with Gasteiger partial charge in [-0.05, 0) is 25.8 Å². The lowest BCUT2D eigenvalue weighted by Crippen LogP contribution is -2.21. The number of unbranched alkanes of at least 4 members (excludes halogenated alkanes) is 7. The predicted molar refractivity (Wildman–Crippen MR) is 108 cm³/mol. The average Bonchev–Trinajstić information content (AvgIpc) is 2.47. The van der Waals surface area contributed by atoms with E-state index in [0.29, 0.717) is 5.33 Å². The molecule has 0 aliphatic carbocycles. The molecule has 2 unspecified atom stereocenters. The molecule has 0 rings (SSSR count). The Labute approximate surface area is 165 Å². The number of ether oxygens (including phenoxy) is 1. The largest absolute Gasteiger partial charge is 0.462 e. The zero-order chi connectivity index (χ0) is 17.7. The van der Waals surface area contributed by atoms with Gasteiger partial charge in [0.25, 0.3) is 0 Å². The van der Waals surface area contributed by atoms with Crippen LogP contribution in [0.25, 0.3) is 0 Å². The van der Waals surface area contributed by atoms with Gasteiger partial charge in [0.05, 0.1) is 12.0 Å². The van der Waals surface area contributed by atoms with E-state index >= 15 is 0 Å². The summed E-state index contributed by atoms with van der Waals surface area (Å²) in [4.78, 5) is 11.6. The van der Waals surface area contributed by atoms with Gasteiger partial charge in [-0.3, -0.25) is 4.79 Å². The van der Waals surface area contributed by atoms with Crippen LogP contribution >= 0.6 is 49.2 Å². The Morgan fingerprint density at radius 1 is 0.957 bits per heavy atom. The number of carbonyl (C=O) groups excluding carboxylic acids is 1. The van der Waals surface area contributed by atoms with E-state index in [9.17, 15) is 4.79 Å². The monoisotopic (exact) mass is 466 g/mol. The van der Waals surface area contributed by atoms with Crippen molar-refractivity contribution in [2.45, 2.75) is 83.8 Å². The van der Waals surface area contributed by atoms with E-state index in [1.807, 2.05) is 13.8 Å². The molecule has 23 heavy (non-hydrogen) atoms. The maximum atomic E-state index is 11.6. The molecule has 2 nitrogen and oxygen atoms in total. The summed E-state index contributed by atoms with van der Waals surface area (Å²) >= 11 is 20.8. The van der Waals surface area contributed by atoms with Gasteiger partial charge in [0, 0.05) is 5.33 Å². The highest BCUT2D eigenvalue weighted by atomic mass is 79.9. The summed E-state index contributed by atoms with van der Waals surface area (Å²) in [5, 5.41) is 0.655. The van der Waals surface area contributed by atoms with Crippen LogP contribution in [0.3, 0.4) is 0 Å². The molecule has 0 saturated carbocycles. The SMILES string of the molecule is CC(CCCCCCCCCC[Si](Cl)(Cl)Cl)OC(=O)C(C)CBr. The van der Waals surface area contributed by atoms with E-state index in [1.54, 1.807) is 0 Å².